The first kappa shape index (κ1) is 16.9. The number of hydrogen-bond acceptors (Lipinski definition) is 4. The molecule has 2 heterocycles. The molecule has 0 unspecified atom stereocenters. The summed E-state index contributed by atoms with van der Waals surface area (Å²) in [7, 11) is 0. The van der Waals surface area contributed by atoms with E-state index in [2.05, 4.69) is 23.6 Å². The topological polar surface area (TPSA) is 33.5 Å². The maximum absolute atomic E-state index is 12.7. The molecular weight excluding hydrogens is 338 g/mol. The van der Waals surface area contributed by atoms with Gasteiger partial charge in [-0.2, -0.15) is 11.3 Å². The predicted octanol–water partition coefficient (Wildman–Crippen LogP) is 4.80. The molecular formula is C19H19NO2S2. The Morgan fingerprint density at radius 3 is 2.62 bits per heavy atom. The van der Waals surface area contributed by atoms with Gasteiger partial charge in [-0.15, -0.1) is 11.8 Å². The molecule has 3 rings (SSSR count). The van der Waals surface area contributed by atoms with Gasteiger partial charge >= 0.3 is 0 Å². The van der Waals surface area contributed by atoms with Crippen molar-refractivity contribution in [3.05, 3.63) is 82.4 Å². The van der Waals surface area contributed by atoms with Crippen LogP contribution in [0.15, 0.2) is 70.0 Å². The fourth-order valence-corrected chi connectivity index (χ4v) is 3.89. The zero-order chi connectivity index (χ0) is 16.6. The van der Waals surface area contributed by atoms with Gasteiger partial charge in [-0.25, -0.2) is 0 Å². The molecule has 3 nitrogen and oxygen atoms in total. The van der Waals surface area contributed by atoms with Gasteiger partial charge in [0.1, 0.15) is 5.76 Å². The molecule has 0 N–H and O–H groups in total. The molecule has 0 fully saturated rings. The summed E-state index contributed by atoms with van der Waals surface area (Å²) >= 11 is 3.30. The van der Waals surface area contributed by atoms with Crippen LogP contribution in [0.5, 0.6) is 0 Å². The van der Waals surface area contributed by atoms with E-state index in [1.54, 1.807) is 29.4 Å². The van der Waals surface area contributed by atoms with Gasteiger partial charge in [-0.1, -0.05) is 30.3 Å². The second-order valence-corrected chi connectivity index (χ2v) is 7.20. The smallest absolute Gasteiger partial charge is 0.233 e. The lowest BCUT2D eigenvalue weighted by Crippen LogP contribution is -2.31. The van der Waals surface area contributed by atoms with Crippen LogP contribution in [0.1, 0.15) is 16.9 Å². The normalized spacial score (nSPS) is 10.7. The molecule has 5 heteroatoms. The Bertz CT molecular complexity index is 688. The number of nitrogens with zero attached hydrogens (tertiary/aromatic N) is 1. The first-order valence-corrected chi connectivity index (χ1v) is 9.84. The number of carbonyl (C=O) groups excluding carboxylic acids is 1. The Morgan fingerprint density at radius 2 is 1.92 bits per heavy atom. The van der Waals surface area contributed by atoms with E-state index in [0.29, 0.717) is 18.8 Å². The minimum absolute atomic E-state index is 0.138. The molecule has 0 atom stereocenters. The van der Waals surface area contributed by atoms with Crippen LogP contribution in [0.3, 0.4) is 0 Å². The van der Waals surface area contributed by atoms with Crippen LogP contribution in [-0.2, 0) is 23.6 Å². The summed E-state index contributed by atoms with van der Waals surface area (Å²) in [4.78, 5) is 14.5. The van der Waals surface area contributed by atoms with Crippen LogP contribution in [0, 0.1) is 0 Å². The molecule has 0 bridgehead atoms. The van der Waals surface area contributed by atoms with E-state index >= 15 is 0 Å². The molecule has 0 aliphatic heterocycles. The average Bonchev–Trinajstić information content (AvgIpc) is 3.29. The van der Waals surface area contributed by atoms with Crippen LogP contribution >= 0.6 is 23.1 Å². The Hall–Kier alpha value is -1.98. The van der Waals surface area contributed by atoms with E-state index in [1.165, 1.54) is 5.56 Å². The van der Waals surface area contributed by atoms with Crippen molar-refractivity contribution in [1.29, 1.82) is 0 Å². The molecule has 0 spiro atoms. The molecule has 0 radical (unpaired) electrons. The van der Waals surface area contributed by atoms with Crippen molar-refractivity contribution >= 4 is 29.0 Å². The van der Waals surface area contributed by atoms with E-state index < -0.39 is 0 Å². The standard InChI is InChI=1S/C19H19NO2S2/c21-19(15-24-13-16-5-2-1-3-6-16)20(11-17-8-10-23-14-17)12-18-7-4-9-22-18/h1-10,14H,11-13,15H2. The number of thiophene rings is 1. The lowest BCUT2D eigenvalue weighted by Gasteiger charge is -2.21. The van der Waals surface area contributed by atoms with Crippen molar-refractivity contribution < 1.29 is 9.21 Å². The van der Waals surface area contributed by atoms with E-state index in [1.807, 2.05) is 40.6 Å². The highest BCUT2D eigenvalue weighted by Crippen LogP contribution is 2.17. The first-order valence-electron chi connectivity index (χ1n) is 7.74. The van der Waals surface area contributed by atoms with Crippen LogP contribution in [0.25, 0.3) is 0 Å². The van der Waals surface area contributed by atoms with Gasteiger partial charge in [0.05, 0.1) is 18.6 Å². The quantitative estimate of drug-likeness (QED) is 0.580. The summed E-state index contributed by atoms with van der Waals surface area (Å²) in [6, 6.07) is 16.1. The highest BCUT2D eigenvalue weighted by atomic mass is 32.2. The minimum Gasteiger partial charge on any atom is -0.467 e. The molecule has 2 aromatic heterocycles. The lowest BCUT2D eigenvalue weighted by atomic mass is 10.2. The van der Waals surface area contributed by atoms with Crippen LogP contribution in [0.2, 0.25) is 0 Å². The second-order valence-electron chi connectivity index (χ2n) is 5.44. The molecule has 1 amide bonds. The summed E-state index contributed by atoms with van der Waals surface area (Å²) in [6.07, 6.45) is 1.65. The highest BCUT2D eigenvalue weighted by molar-refractivity contribution is 7.99. The molecule has 0 saturated heterocycles. The van der Waals surface area contributed by atoms with Crippen LogP contribution in [0.4, 0.5) is 0 Å². The van der Waals surface area contributed by atoms with Crippen LogP contribution < -0.4 is 0 Å². The molecule has 3 aromatic rings. The summed E-state index contributed by atoms with van der Waals surface area (Å²) in [5, 5.41) is 4.12. The van der Waals surface area contributed by atoms with Gasteiger partial charge in [0.15, 0.2) is 0 Å². The fraction of sp³-hybridized carbons (Fsp3) is 0.211. The van der Waals surface area contributed by atoms with Crippen molar-refractivity contribution in [2.45, 2.75) is 18.8 Å². The zero-order valence-corrected chi connectivity index (χ0v) is 14.9. The van der Waals surface area contributed by atoms with Gasteiger partial charge in [0.2, 0.25) is 5.91 Å². The Kier molecular flexibility index (Phi) is 6.15. The summed E-state index contributed by atoms with van der Waals surface area (Å²) < 4.78 is 5.41. The van der Waals surface area contributed by atoms with Gasteiger partial charge in [-0.3, -0.25) is 4.79 Å². The Balaban J connectivity index is 1.57. The number of rotatable bonds is 8. The molecule has 1 aromatic carbocycles. The summed E-state index contributed by atoms with van der Waals surface area (Å²) in [5.74, 6) is 2.27. The fourth-order valence-electron chi connectivity index (χ4n) is 2.35. The SMILES string of the molecule is O=C(CSCc1ccccc1)N(Cc1ccsc1)Cc1ccco1. The number of hydrogen-bond donors (Lipinski definition) is 0. The molecule has 24 heavy (non-hydrogen) atoms. The number of amides is 1. The number of furan rings is 1. The maximum atomic E-state index is 12.7. The number of carbonyl (C=O) groups is 1. The third kappa shape index (κ3) is 5.01. The van der Waals surface area contributed by atoms with E-state index in [4.69, 9.17) is 4.42 Å². The van der Waals surface area contributed by atoms with E-state index in [9.17, 15) is 4.79 Å². The average molecular weight is 358 g/mol. The largest absolute Gasteiger partial charge is 0.467 e. The maximum Gasteiger partial charge on any atom is 0.233 e. The van der Waals surface area contributed by atoms with Crippen molar-refractivity contribution in [2.24, 2.45) is 0 Å². The lowest BCUT2D eigenvalue weighted by molar-refractivity contribution is -0.129. The summed E-state index contributed by atoms with van der Waals surface area (Å²) in [5.41, 5.74) is 2.40. The van der Waals surface area contributed by atoms with Crippen molar-refractivity contribution in [1.82, 2.24) is 4.90 Å². The van der Waals surface area contributed by atoms with Gasteiger partial charge in [-0.05, 0) is 40.1 Å². The summed E-state index contributed by atoms with van der Waals surface area (Å²) in [6.45, 7) is 1.13. The van der Waals surface area contributed by atoms with Gasteiger partial charge < -0.3 is 9.32 Å². The molecule has 0 saturated carbocycles. The van der Waals surface area contributed by atoms with E-state index in [-0.39, 0.29) is 5.91 Å². The third-order valence-electron chi connectivity index (χ3n) is 3.57. The molecule has 124 valence electrons. The predicted molar refractivity (Wildman–Crippen MR) is 99.9 cm³/mol. The van der Waals surface area contributed by atoms with E-state index in [0.717, 1.165) is 17.1 Å². The highest BCUT2D eigenvalue weighted by Gasteiger charge is 2.16. The first-order chi connectivity index (χ1) is 11.8. The van der Waals surface area contributed by atoms with Crippen molar-refractivity contribution in [2.75, 3.05) is 5.75 Å². The Labute approximate surface area is 150 Å². The van der Waals surface area contributed by atoms with Gasteiger partial charge in [0, 0.05) is 12.3 Å². The Morgan fingerprint density at radius 1 is 1.04 bits per heavy atom. The molecule has 0 aliphatic carbocycles. The van der Waals surface area contributed by atoms with Crippen LogP contribution in [-0.4, -0.2) is 16.6 Å². The number of thioether (sulfide) groups is 1. The van der Waals surface area contributed by atoms with Gasteiger partial charge in [0.25, 0.3) is 0 Å². The zero-order valence-electron chi connectivity index (χ0n) is 13.3. The third-order valence-corrected chi connectivity index (χ3v) is 5.29. The molecule has 0 aliphatic rings. The second kappa shape index (κ2) is 8.76. The number of benzene rings is 1. The van der Waals surface area contributed by atoms with Crippen molar-refractivity contribution in [3.63, 3.8) is 0 Å². The monoisotopic (exact) mass is 357 g/mol. The minimum atomic E-state index is 0.138. The van der Waals surface area contributed by atoms with Crippen molar-refractivity contribution in [3.8, 4) is 0 Å².